The summed E-state index contributed by atoms with van der Waals surface area (Å²) in [6.45, 7) is 3.67. The lowest BCUT2D eigenvalue weighted by Gasteiger charge is -2.13. The van der Waals surface area contributed by atoms with E-state index in [1.54, 1.807) is 13.0 Å². The van der Waals surface area contributed by atoms with Crippen LogP contribution in [0.3, 0.4) is 0 Å². The highest BCUT2D eigenvalue weighted by atomic mass is 19.1. The van der Waals surface area contributed by atoms with Crippen LogP contribution in [0, 0.1) is 12.7 Å². The van der Waals surface area contributed by atoms with E-state index >= 15 is 0 Å². The standard InChI is InChI=1S/C22H22FNO4/c1-3-4-8-17(22(27)28)20-13(2)24(19-10-9-16(25)12-18(19)20)21(26)14-6-5-7-15(23)11-14/h5-7,9-12,17,25H,3-4,8H2,1-2H3,(H,27,28)/t17-/m0/s1. The van der Waals surface area contributed by atoms with E-state index in [1.165, 1.54) is 34.9 Å². The number of carboxylic acids is 1. The van der Waals surface area contributed by atoms with Crippen molar-refractivity contribution in [3.8, 4) is 5.75 Å². The first-order chi connectivity index (χ1) is 13.3. The number of aromatic nitrogens is 1. The molecule has 5 nitrogen and oxygen atoms in total. The Labute approximate surface area is 162 Å². The molecule has 1 aromatic heterocycles. The van der Waals surface area contributed by atoms with Gasteiger partial charge in [-0.3, -0.25) is 14.2 Å². The van der Waals surface area contributed by atoms with Crippen LogP contribution in [0.15, 0.2) is 42.5 Å². The van der Waals surface area contributed by atoms with Crippen molar-refractivity contribution in [3.05, 3.63) is 65.1 Å². The van der Waals surface area contributed by atoms with Crippen LogP contribution < -0.4 is 0 Å². The second-order valence-corrected chi connectivity index (χ2v) is 6.88. The van der Waals surface area contributed by atoms with E-state index in [4.69, 9.17) is 0 Å². The topological polar surface area (TPSA) is 79.5 Å². The van der Waals surface area contributed by atoms with Gasteiger partial charge in [-0.25, -0.2) is 4.39 Å². The van der Waals surface area contributed by atoms with Crippen LogP contribution in [-0.2, 0) is 4.79 Å². The third-order valence-electron chi connectivity index (χ3n) is 5.00. The lowest BCUT2D eigenvalue weighted by Crippen LogP contribution is -2.16. The number of benzene rings is 2. The summed E-state index contributed by atoms with van der Waals surface area (Å²) in [7, 11) is 0. The van der Waals surface area contributed by atoms with E-state index < -0.39 is 23.6 Å². The SMILES string of the molecule is CCCC[C@H](C(=O)O)c1c(C)n(C(=O)c2cccc(F)c2)c2ccc(O)cc12. The average Bonchev–Trinajstić information content (AvgIpc) is 2.93. The molecule has 1 heterocycles. The van der Waals surface area contributed by atoms with Gasteiger partial charge in [0.05, 0.1) is 11.4 Å². The lowest BCUT2D eigenvalue weighted by molar-refractivity contribution is -0.139. The van der Waals surface area contributed by atoms with Crippen LogP contribution in [0.2, 0.25) is 0 Å². The Kier molecular flexibility index (Phi) is 5.49. The van der Waals surface area contributed by atoms with Gasteiger partial charge in [0.2, 0.25) is 0 Å². The Balaban J connectivity index is 2.26. The minimum atomic E-state index is -0.975. The molecule has 0 amide bonds. The average molecular weight is 383 g/mol. The number of carbonyl (C=O) groups is 2. The van der Waals surface area contributed by atoms with Crippen LogP contribution >= 0.6 is 0 Å². The summed E-state index contributed by atoms with van der Waals surface area (Å²) in [5.74, 6) is -2.76. The molecule has 1 atom stereocenters. The number of aliphatic carboxylic acids is 1. The largest absolute Gasteiger partial charge is 0.508 e. The Morgan fingerprint density at radius 1 is 1.18 bits per heavy atom. The fourth-order valence-electron chi connectivity index (χ4n) is 3.68. The normalized spacial score (nSPS) is 12.2. The second kappa shape index (κ2) is 7.84. The smallest absolute Gasteiger partial charge is 0.311 e. The summed E-state index contributed by atoms with van der Waals surface area (Å²) in [5.41, 5.74) is 1.65. The van der Waals surface area contributed by atoms with E-state index in [2.05, 4.69) is 0 Å². The van der Waals surface area contributed by atoms with Crippen LogP contribution in [-0.4, -0.2) is 26.7 Å². The Bertz CT molecular complexity index is 1050. The number of phenolic OH excluding ortho intramolecular Hbond substituents is 1. The van der Waals surface area contributed by atoms with Gasteiger partial charge < -0.3 is 10.2 Å². The summed E-state index contributed by atoms with van der Waals surface area (Å²) in [5, 5.41) is 20.3. The molecule has 0 spiro atoms. The Hall–Kier alpha value is -3.15. The van der Waals surface area contributed by atoms with Crippen LogP contribution in [0.1, 0.15) is 53.7 Å². The monoisotopic (exact) mass is 383 g/mol. The third-order valence-corrected chi connectivity index (χ3v) is 5.00. The molecule has 0 bridgehead atoms. The maximum Gasteiger partial charge on any atom is 0.311 e. The zero-order valence-corrected chi connectivity index (χ0v) is 15.8. The van der Waals surface area contributed by atoms with Crippen molar-refractivity contribution in [3.63, 3.8) is 0 Å². The maximum atomic E-state index is 13.6. The predicted octanol–water partition coefficient (Wildman–Crippen LogP) is 4.84. The first-order valence-electron chi connectivity index (χ1n) is 9.22. The summed E-state index contributed by atoms with van der Waals surface area (Å²) in [4.78, 5) is 25.1. The number of unbranched alkanes of at least 4 members (excludes halogenated alkanes) is 1. The first kappa shape index (κ1) is 19.6. The molecule has 0 unspecified atom stereocenters. The summed E-state index contributed by atoms with van der Waals surface area (Å²) in [6.07, 6.45) is 1.99. The van der Waals surface area contributed by atoms with Gasteiger partial charge in [0.25, 0.3) is 5.91 Å². The second-order valence-electron chi connectivity index (χ2n) is 6.88. The summed E-state index contributed by atoms with van der Waals surface area (Å²) >= 11 is 0. The van der Waals surface area contributed by atoms with Crippen molar-refractivity contribution in [2.24, 2.45) is 0 Å². The van der Waals surface area contributed by atoms with Gasteiger partial charge in [0, 0.05) is 16.6 Å². The third kappa shape index (κ3) is 3.50. The minimum Gasteiger partial charge on any atom is -0.508 e. The van der Waals surface area contributed by atoms with Gasteiger partial charge in [-0.1, -0.05) is 25.8 Å². The molecule has 0 aliphatic carbocycles. The minimum absolute atomic E-state index is 0.0104. The molecule has 0 radical (unpaired) electrons. The van der Waals surface area contributed by atoms with Gasteiger partial charge in [-0.15, -0.1) is 0 Å². The van der Waals surface area contributed by atoms with E-state index in [-0.39, 0.29) is 11.3 Å². The molecule has 2 N–H and O–H groups in total. The van der Waals surface area contributed by atoms with Crippen molar-refractivity contribution in [2.45, 2.75) is 39.0 Å². The molecule has 2 aromatic carbocycles. The number of fused-ring (bicyclic) bond motifs is 1. The van der Waals surface area contributed by atoms with Crippen LogP contribution in [0.25, 0.3) is 10.9 Å². The highest BCUT2D eigenvalue weighted by molar-refractivity contribution is 6.05. The highest BCUT2D eigenvalue weighted by Crippen LogP contribution is 2.37. The number of phenols is 1. The number of nitrogens with zero attached hydrogens (tertiary/aromatic N) is 1. The molecular formula is C22H22FNO4. The quantitative estimate of drug-likeness (QED) is 0.638. The molecule has 3 aromatic rings. The Morgan fingerprint density at radius 2 is 1.93 bits per heavy atom. The number of halogens is 1. The number of aromatic hydroxyl groups is 1. The molecule has 28 heavy (non-hydrogen) atoms. The lowest BCUT2D eigenvalue weighted by atomic mass is 9.91. The van der Waals surface area contributed by atoms with Crippen molar-refractivity contribution in [2.75, 3.05) is 0 Å². The number of carbonyl (C=O) groups excluding carboxylic acids is 1. The van der Waals surface area contributed by atoms with Gasteiger partial charge >= 0.3 is 5.97 Å². The Morgan fingerprint density at radius 3 is 2.57 bits per heavy atom. The maximum absolute atomic E-state index is 13.6. The van der Waals surface area contributed by atoms with Gasteiger partial charge in [-0.05, 0) is 55.3 Å². The highest BCUT2D eigenvalue weighted by Gasteiger charge is 2.29. The van der Waals surface area contributed by atoms with Crippen molar-refractivity contribution < 1.29 is 24.2 Å². The van der Waals surface area contributed by atoms with Gasteiger partial charge in [-0.2, -0.15) is 0 Å². The zero-order chi connectivity index (χ0) is 20.4. The first-order valence-corrected chi connectivity index (χ1v) is 9.22. The number of hydrogen-bond acceptors (Lipinski definition) is 3. The fraction of sp³-hybridized carbons (Fsp3) is 0.273. The molecule has 0 aliphatic rings. The van der Waals surface area contributed by atoms with E-state index in [9.17, 15) is 24.2 Å². The number of rotatable bonds is 6. The molecule has 6 heteroatoms. The number of carboxylic acid groups (broad SMARTS) is 1. The zero-order valence-electron chi connectivity index (χ0n) is 15.8. The van der Waals surface area contributed by atoms with E-state index in [0.29, 0.717) is 28.6 Å². The summed E-state index contributed by atoms with van der Waals surface area (Å²) in [6, 6.07) is 9.89. The van der Waals surface area contributed by atoms with Gasteiger partial charge in [0.1, 0.15) is 11.6 Å². The van der Waals surface area contributed by atoms with Crippen molar-refractivity contribution >= 4 is 22.8 Å². The predicted molar refractivity (Wildman–Crippen MR) is 104 cm³/mol. The number of hydrogen-bond donors (Lipinski definition) is 2. The molecule has 0 saturated heterocycles. The molecule has 146 valence electrons. The van der Waals surface area contributed by atoms with Gasteiger partial charge in [0.15, 0.2) is 0 Å². The van der Waals surface area contributed by atoms with E-state index in [1.807, 2.05) is 6.92 Å². The molecular weight excluding hydrogens is 361 g/mol. The van der Waals surface area contributed by atoms with E-state index in [0.717, 1.165) is 18.9 Å². The fourth-order valence-corrected chi connectivity index (χ4v) is 3.68. The summed E-state index contributed by atoms with van der Waals surface area (Å²) < 4.78 is 15.0. The van der Waals surface area contributed by atoms with Crippen LogP contribution in [0.4, 0.5) is 4.39 Å². The van der Waals surface area contributed by atoms with Crippen molar-refractivity contribution in [1.82, 2.24) is 4.57 Å². The molecule has 3 rings (SSSR count). The molecule has 0 aliphatic heterocycles. The molecule has 0 fully saturated rings. The van der Waals surface area contributed by atoms with Crippen LogP contribution in [0.5, 0.6) is 5.75 Å². The van der Waals surface area contributed by atoms with Crippen molar-refractivity contribution in [1.29, 1.82) is 0 Å². The molecule has 0 saturated carbocycles.